The predicted octanol–water partition coefficient (Wildman–Crippen LogP) is 3.30. The lowest BCUT2D eigenvalue weighted by atomic mass is 9.98. The Bertz CT molecular complexity index is 1350. The predicted molar refractivity (Wildman–Crippen MR) is 128 cm³/mol. The summed E-state index contributed by atoms with van der Waals surface area (Å²) in [7, 11) is 0. The second-order valence-electron chi connectivity index (χ2n) is 8.35. The summed E-state index contributed by atoms with van der Waals surface area (Å²) in [6.07, 6.45) is 5.90. The molecule has 0 fully saturated rings. The van der Waals surface area contributed by atoms with Gasteiger partial charge >= 0.3 is 0 Å². The van der Waals surface area contributed by atoms with Gasteiger partial charge in [-0.25, -0.2) is 0 Å². The molecule has 2 amide bonds. The summed E-state index contributed by atoms with van der Waals surface area (Å²) in [6, 6.07) is 16.0. The lowest BCUT2D eigenvalue weighted by Crippen LogP contribution is -2.42. The molecule has 7 heteroatoms. The average Bonchev–Trinajstić information content (AvgIpc) is 3.08. The topological polar surface area (TPSA) is 104 Å². The minimum absolute atomic E-state index is 0.0977. The number of rotatable bonds is 5. The number of carbonyl (C=O) groups is 2. The molecular formula is C26H25N5O2. The van der Waals surface area contributed by atoms with Gasteiger partial charge in [-0.15, -0.1) is 0 Å². The number of nitrogens with zero attached hydrogens (tertiary/aromatic N) is 2. The zero-order valence-corrected chi connectivity index (χ0v) is 18.3. The largest absolute Gasteiger partial charge is 0.348 e. The molecule has 2 aliphatic heterocycles. The van der Waals surface area contributed by atoms with E-state index in [9.17, 15) is 9.59 Å². The second kappa shape index (κ2) is 8.52. The molecule has 4 N–H and O–H groups in total. The van der Waals surface area contributed by atoms with E-state index in [1.165, 1.54) is 6.92 Å². The van der Waals surface area contributed by atoms with Crippen molar-refractivity contribution in [2.24, 2.45) is 5.73 Å². The number of hydrogen-bond donors (Lipinski definition) is 3. The zero-order valence-electron chi connectivity index (χ0n) is 18.3. The number of amides is 2. The van der Waals surface area contributed by atoms with Gasteiger partial charge in [0.2, 0.25) is 5.91 Å². The maximum absolute atomic E-state index is 13.4. The summed E-state index contributed by atoms with van der Waals surface area (Å²) in [5.41, 5.74) is 11.0. The van der Waals surface area contributed by atoms with Crippen LogP contribution in [-0.2, 0) is 17.8 Å². The van der Waals surface area contributed by atoms with Crippen molar-refractivity contribution in [3.05, 3.63) is 83.3 Å². The molecule has 0 radical (unpaired) electrons. The fraction of sp³-hybridized carbons (Fsp3) is 0.192. The van der Waals surface area contributed by atoms with E-state index in [4.69, 9.17) is 5.73 Å². The highest BCUT2D eigenvalue weighted by atomic mass is 16.2. The first-order valence-corrected chi connectivity index (χ1v) is 11.0. The molecule has 7 nitrogen and oxygen atoms in total. The molecule has 0 saturated carbocycles. The Morgan fingerprint density at radius 3 is 2.85 bits per heavy atom. The van der Waals surface area contributed by atoms with Crippen molar-refractivity contribution < 1.29 is 9.59 Å². The van der Waals surface area contributed by atoms with Crippen LogP contribution < -0.4 is 11.1 Å². The normalized spacial score (nSPS) is 13.8. The number of carbonyl (C=O) groups excluding carboxylic acids is 2. The lowest BCUT2D eigenvalue weighted by molar-refractivity contribution is -0.126. The first-order chi connectivity index (χ1) is 16.0. The zero-order chi connectivity index (χ0) is 22.9. The number of aromatic amines is 1. The minimum Gasteiger partial charge on any atom is -0.348 e. The van der Waals surface area contributed by atoms with E-state index in [2.05, 4.69) is 39.8 Å². The van der Waals surface area contributed by atoms with Crippen LogP contribution in [0.15, 0.2) is 60.9 Å². The summed E-state index contributed by atoms with van der Waals surface area (Å²) in [5.74, 6) is -0.298. The third kappa shape index (κ3) is 3.87. The standard InChI is InChI=1S/C26H25N5O2/c1-16(32)31-10-9-24-25-19(14-28-30-24)12-22(23(25)15-31)26(33)29-20(13-27)11-18-7-4-6-17-5-2-3-8-21(17)18/h2-10,12,14,20,28H,11,13,15,27H2,1H3,(H,29,33)/t20-/m0/s1. The number of fused-ring (bicyclic) bond motifs is 1. The number of H-pyrrole nitrogens is 1. The first-order valence-electron chi connectivity index (χ1n) is 11.0. The van der Waals surface area contributed by atoms with Gasteiger partial charge in [0, 0.05) is 48.6 Å². The highest BCUT2D eigenvalue weighted by Gasteiger charge is 2.28. The third-order valence-electron chi connectivity index (χ3n) is 6.23. The van der Waals surface area contributed by atoms with Gasteiger partial charge in [0.15, 0.2) is 0 Å². The van der Waals surface area contributed by atoms with Crippen LogP contribution in [0.5, 0.6) is 0 Å². The van der Waals surface area contributed by atoms with Crippen LogP contribution in [0.25, 0.3) is 28.0 Å². The Labute approximate surface area is 191 Å². The van der Waals surface area contributed by atoms with Crippen molar-refractivity contribution in [3.63, 3.8) is 0 Å². The highest BCUT2D eigenvalue weighted by Crippen LogP contribution is 2.36. The third-order valence-corrected chi connectivity index (χ3v) is 6.23. The van der Waals surface area contributed by atoms with Crippen LogP contribution in [0.1, 0.15) is 34.1 Å². The van der Waals surface area contributed by atoms with Crippen LogP contribution in [0.2, 0.25) is 0 Å². The fourth-order valence-electron chi connectivity index (χ4n) is 4.55. The number of nitrogens with one attached hydrogen (secondary N) is 2. The molecule has 5 rings (SSSR count). The minimum atomic E-state index is -0.231. The summed E-state index contributed by atoms with van der Waals surface area (Å²) in [5, 5.41) is 12.7. The van der Waals surface area contributed by atoms with E-state index in [1.54, 1.807) is 23.4 Å². The summed E-state index contributed by atoms with van der Waals surface area (Å²) in [6.45, 7) is 2.13. The Balaban J connectivity index is 1.46. The molecule has 0 spiro atoms. The molecule has 2 aromatic rings. The van der Waals surface area contributed by atoms with E-state index in [-0.39, 0.29) is 17.9 Å². The van der Waals surface area contributed by atoms with Crippen LogP contribution in [0.3, 0.4) is 0 Å². The molecule has 0 bridgehead atoms. The van der Waals surface area contributed by atoms with Gasteiger partial charge in [0.25, 0.3) is 5.91 Å². The van der Waals surface area contributed by atoms with Gasteiger partial charge in [0.1, 0.15) is 0 Å². The van der Waals surface area contributed by atoms with Gasteiger partial charge in [-0.3, -0.25) is 14.7 Å². The van der Waals surface area contributed by atoms with Crippen LogP contribution in [0, 0.1) is 0 Å². The molecule has 1 atom stereocenters. The lowest BCUT2D eigenvalue weighted by Gasteiger charge is -2.20. The average molecular weight is 440 g/mol. The van der Waals surface area contributed by atoms with Gasteiger partial charge in [-0.1, -0.05) is 42.5 Å². The summed E-state index contributed by atoms with van der Waals surface area (Å²) in [4.78, 5) is 27.1. The Hall–Kier alpha value is -3.97. The quantitative estimate of drug-likeness (QED) is 0.444. The van der Waals surface area contributed by atoms with Gasteiger partial charge in [-0.05, 0) is 40.5 Å². The molecule has 2 aromatic carbocycles. The van der Waals surface area contributed by atoms with Gasteiger partial charge in [-0.2, -0.15) is 5.10 Å². The van der Waals surface area contributed by atoms with E-state index < -0.39 is 0 Å². The van der Waals surface area contributed by atoms with E-state index in [0.29, 0.717) is 30.8 Å². The van der Waals surface area contributed by atoms with Crippen molar-refractivity contribution in [1.29, 1.82) is 0 Å². The first kappa shape index (κ1) is 20.9. The molecule has 166 valence electrons. The molecule has 1 aliphatic carbocycles. The molecule has 2 heterocycles. The molecule has 0 aromatic heterocycles. The summed E-state index contributed by atoms with van der Waals surface area (Å²) >= 11 is 0. The van der Waals surface area contributed by atoms with E-state index in [0.717, 1.165) is 33.0 Å². The molecular weight excluding hydrogens is 414 g/mol. The smallest absolute Gasteiger partial charge is 0.251 e. The van der Waals surface area contributed by atoms with Crippen molar-refractivity contribution in [2.75, 3.05) is 6.54 Å². The van der Waals surface area contributed by atoms with E-state index >= 15 is 0 Å². The number of aromatic nitrogens is 2. The van der Waals surface area contributed by atoms with Crippen molar-refractivity contribution in [3.8, 4) is 11.1 Å². The second-order valence-corrected chi connectivity index (χ2v) is 8.35. The monoisotopic (exact) mass is 439 g/mol. The van der Waals surface area contributed by atoms with Crippen molar-refractivity contribution >= 4 is 28.7 Å². The number of benzene rings is 2. The molecule has 3 aliphatic rings. The SMILES string of the molecule is CC(=O)N1C=Cc2n[nH]cc3cc(C(=O)N[C@H](CN)Cc4cccc5ccccc45)c(c2-3)C1. The number of hydrogen-bond acceptors (Lipinski definition) is 4. The fourth-order valence-corrected chi connectivity index (χ4v) is 4.55. The molecule has 33 heavy (non-hydrogen) atoms. The Morgan fingerprint density at radius 2 is 2.03 bits per heavy atom. The van der Waals surface area contributed by atoms with Gasteiger partial charge in [0.05, 0.1) is 12.2 Å². The van der Waals surface area contributed by atoms with Crippen LogP contribution >= 0.6 is 0 Å². The maximum atomic E-state index is 13.4. The Morgan fingerprint density at radius 1 is 1.21 bits per heavy atom. The van der Waals surface area contributed by atoms with Crippen molar-refractivity contribution in [1.82, 2.24) is 20.4 Å². The van der Waals surface area contributed by atoms with Gasteiger partial charge < -0.3 is 16.0 Å². The van der Waals surface area contributed by atoms with Crippen LogP contribution in [-0.4, -0.2) is 39.5 Å². The molecule has 0 unspecified atom stereocenters. The maximum Gasteiger partial charge on any atom is 0.251 e. The van der Waals surface area contributed by atoms with Crippen molar-refractivity contribution in [2.45, 2.75) is 25.9 Å². The number of nitrogens with two attached hydrogens (primary N) is 1. The molecule has 0 saturated heterocycles. The highest BCUT2D eigenvalue weighted by molar-refractivity contribution is 6.02. The van der Waals surface area contributed by atoms with Crippen LogP contribution in [0.4, 0.5) is 0 Å². The van der Waals surface area contributed by atoms with E-state index in [1.807, 2.05) is 24.3 Å². The Kier molecular flexibility index (Phi) is 5.40. The summed E-state index contributed by atoms with van der Waals surface area (Å²) < 4.78 is 0.